The molecule has 2 N–H and O–H groups in total. The van der Waals surface area contributed by atoms with Crippen molar-refractivity contribution >= 4 is 28.7 Å². The van der Waals surface area contributed by atoms with Gasteiger partial charge in [-0.05, 0) is 19.1 Å². The Bertz CT molecular complexity index is 1320. The number of hydrogen-bond donors (Lipinski definition) is 2. The summed E-state index contributed by atoms with van der Waals surface area (Å²) in [7, 11) is 1.56. The Kier molecular flexibility index (Phi) is 6.09. The summed E-state index contributed by atoms with van der Waals surface area (Å²) in [5, 5.41) is 6.00. The largest absolute Gasteiger partial charge is 0.340 e. The molecule has 10 heteroatoms. The van der Waals surface area contributed by atoms with Gasteiger partial charge in [0, 0.05) is 38.9 Å². The van der Waals surface area contributed by atoms with Gasteiger partial charge in [0.1, 0.15) is 6.54 Å². The van der Waals surface area contributed by atoms with Gasteiger partial charge >= 0.3 is 5.69 Å². The molecule has 3 heterocycles. The molecule has 32 heavy (non-hydrogen) atoms. The molecular formula is C22H25N7O3. The molecule has 1 saturated heterocycles. The summed E-state index contributed by atoms with van der Waals surface area (Å²) in [5.74, 6) is 5.98. The van der Waals surface area contributed by atoms with E-state index in [1.54, 1.807) is 42.8 Å². The number of rotatable bonds is 5. The van der Waals surface area contributed by atoms with Crippen molar-refractivity contribution in [1.82, 2.24) is 24.0 Å². The lowest BCUT2D eigenvalue weighted by Gasteiger charge is -2.28. The highest BCUT2D eigenvalue weighted by molar-refractivity contribution is 5.90. The maximum Gasteiger partial charge on any atom is 0.332 e. The van der Waals surface area contributed by atoms with Gasteiger partial charge in [0.25, 0.3) is 5.56 Å². The molecule has 4 rings (SSSR count). The van der Waals surface area contributed by atoms with Crippen molar-refractivity contribution in [3.63, 3.8) is 0 Å². The van der Waals surface area contributed by atoms with Crippen LogP contribution in [0.15, 0.2) is 39.9 Å². The second-order valence-corrected chi connectivity index (χ2v) is 7.48. The van der Waals surface area contributed by atoms with Crippen LogP contribution in [0.1, 0.15) is 6.92 Å². The normalized spacial score (nSPS) is 13.6. The van der Waals surface area contributed by atoms with Crippen LogP contribution in [-0.4, -0.2) is 50.8 Å². The van der Waals surface area contributed by atoms with E-state index in [0.717, 1.165) is 30.7 Å². The molecule has 1 aromatic carbocycles. The highest BCUT2D eigenvalue weighted by Gasteiger charge is 2.24. The van der Waals surface area contributed by atoms with Crippen molar-refractivity contribution in [2.45, 2.75) is 20.0 Å². The summed E-state index contributed by atoms with van der Waals surface area (Å²) in [5.41, 5.74) is -0.0170. The average molecular weight is 435 g/mol. The number of anilines is 2. The second-order valence-electron chi connectivity index (χ2n) is 7.48. The van der Waals surface area contributed by atoms with E-state index in [9.17, 15) is 14.4 Å². The van der Waals surface area contributed by atoms with Crippen molar-refractivity contribution in [2.24, 2.45) is 7.05 Å². The Hall–Kier alpha value is -3.84. The fraction of sp³-hybridized carbons (Fsp3) is 0.364. The SMILES string of the molecule is CC#CCn1c(N2CCNCC2)nc2c1c(=O)n(CC(=O)Nc1ccccc1)c(=O)n2C. The molecule has 0 spiro atoms. The number of para-hydroxylation sites is 1. The van der Waals surface area contributed by atoms with Gasteiger partial charge in [0.15, 0.2) is 11.2 Å². The number of piperazine rings is 1. The van der Waals surface area contributed by atoms with Crippen LogP contribution in [-0.2, 0) is 24.9 Å². The molecular weight excluding hydrogens is 410 g/mol. The number of nitrogens with one attached hydrogen (secondary N) is 2. The number of aromatic nitrogens is 4. The van der Waals surface area contributed by atoms with Crippen molar-refractivity contribution in [3.8, 4) is 11.8 Å². The van der Waals surface area contributed by atoms with Gasteiger partial charge in [-0.2, -0.15) is 4.98 Å². The summed E-state index contributed by atoms with van der Waals surface area (Å²) in [4.78, 5) is 45.6. The minimum absolute atomic E-state index is 0.260. The summed E-state index contributed by atoms with van der Waals surface area (Å²) >= 11 is 0. The number of hydrogen-bond acceptors (Lipinski definition) is 6. The van der Waals surface area contributed by atoms with Crippen LogP contribution < -0.4 is 26.8 Å². The lowest BCUT2D eigenvalue weighted by Crippen LogP contribution is -2.44. The average Bonchev–Trinajstić information content (AvgIpc) is 3.20. The van der Waals surface area contributed by atoms with Crippen molar-refractivity contribution < 1.29 is 4.79 Å². The molecule has 1 amide bonds. The van der Waals surface area contributed by atoms with E-state index in [1.807, 2.05) is 6.07 Å². The number of imidazole rings is 1. The lowest BCUT2D eigenvalue weighted by atomic mass is 10.3. The smallest absolute Gasteiger partial charge is 0.332 e. The molecule has 1 aliphatic heterocycles. The maximum absolute atomic E-state index is 13.4. The van der Waals surface area contributed by atoms with Gasteiger partial charge in [0.2, 0.25) is 11.9 Å². The van der Waals surface area contributed by atoms with Gasteiger partial charge in [-0.15, -0.1) is 5.92 Å². The third-order valence-corrected chi connectivity index (χ3v) is 5.39. The van der Waals surface area contributed by atoms with Gasteiger partial charge in [-0.25, -0.2) is 9.36 Å². The first kappa shape index (κ1) is 21.4. The first-order valence-electron chi connectivity index (χ1n) is 10.4. The van der Waals surface area contributed by atoms with E-state index < -0.39 is 23.7 Å². The predicted octanol–water partition coefficient (Wildman–Crippen LogP) is -0.0317. The van der Waals surface area contributed by atoms with Crippen molar-refractivity contribution in [3.05, 3.63) is 51.2 Å². The molecule has 0 atom stereocenters. The molecule has 2 aromatic heterocycles. The number of fused-ring (bicyclic) bond motifs is 1. The minimum atomic E-state index is -0.594. The minimum Gasteiger partial charge on any atom is -0.340 e. The number of nitrogens with zero attached hydrogens (tertiary/aromatic N) is 5. The van der Waals surface area contributed by atoms with Crippen LogP contribution in [0.3, 0.4) is 0 Å². The third-order valence-electron chi connectivity index (χ3n) is 5.39. The van der Waals surface area contributed by atoms with E-state index in [1.165, 1.54) is 4.57 Å². The summed E-state index contributed by atoms with van der Waals surface area (Å²) in [6.07, 6.45) is 0. The Morgan fingerprint density at radius 2 is 1.88 bits per heavy atom. The lowest BCUT2D eigenvalue weighted by molar-refractivity contribution is -0.116. The van der Waals surface area contributed by atoms with Crippen LogP contribution in [0.5, 0.6) is 0 Å². The number of carbonyl (C=O) groups excluding carboxylic acids is 1. The van der Waals surface area contributed by atoms with Crippen LogP contribution in [0, 0.1) is 11.8 Å². The van der Waals surface area contributed by atoms with Crippen molar-refractivity contribution in [1.29, 1.82) is 0 Å². The first-order chi connectivity index (χ1) is 15.5. The predicted molar refractivity (Wildman–Crippen MR) is 123 cm³/mol. The zero-order chi connectivity index (χ0) is 22.7. The first-order valence-corrected chi connectivity index (χ1v) is 10.4. The molecule has 0 radical (unpaired) electrons. The highest BCUT2D eigenvalue weighted by Crippen LogP contribution is 2.20. The summed E-state index contributed by atoms with van der Waals surface area (Å²) in [6, 6.07) is 8.89. The van der Waals surface area contributed by atoms with Crippen LogP contribution in [0.25, 0.3) is 11.2 Å². The van der Waals surface area contributed by atoms with E-state index in [4.69, 9.17) is 0 Å². The van der Waals surface area contributed by atoms with Crippen molar-refractivity contribution in [2.75, 3.05) is 36.4 Å². The molecule has 0 aliphatic carbocycles. The zero-order valence-electron chi connectivity index (χ0n) is 18.1. The van der Waals surface area contributed by atoms with Gasteiger partial charge in [-0.3, -0.25) is 18.7 Å². The van der Waals surface area contributed by atoms with Gasteiger partial charge in [0.05, 0.1) is 6.54 Å². The zero-order valence-corrected chi connectivity index (χ0v) is 18.1. The molecule has 166 valence electrons. The molecule has 0 bridgehead atoms. The number of carbonyl (C=O) groups is 1. The highest BCUT2D eigenvalue weighted by atomic mass is 16.2. The van der Waals surface area contributed by atoms with Gasteiger partial charge in [-0.1, -0.05) is 24.1 Å². The Balaban J connectivity index is 1.80. The molecule has 1 fully saturated rings. The summed E-state index contributed by atoms with van der Waals surface area (Å²) < 4.78 is 4.00. The molecule has 1 aliphatic rings. The van der Waals surface area contributed by atoms with Gasteiger partial charge < -0.3 is 15.5 Å². The topological polar surface area (TPSA) is 106 Å². The molecule has 0 saturated carbocycles. The Labute approximate surface area is 184 Å². The van der Waals surface area contributed by atoms with E-state index in [0.29, 0.717) is 11.6 Å². The van der Waals surface area contributed by atoms with Crippen LogP contribution in [0.4, 0.5) is 11.6 Å². The molecule has 0 unspecified atom stereocenters. The van der Waals surface area contributed by atoms with E-state index in [2.05, 4.69) is 32.4 Å². The van der Waals surface area contributed by atoms with E-state index in [-0.39, 0.29) is 17.7 Å². The maximum atomic E-state index is 13.4. The van der Waals surface area contributed by atoms with E-state index >= 15 is 0 Å². The Morgan fingerprint density at radius 3 is 2.56 bits per heavy atom. The fourth-order valence-electron chi connectivity index (χ4n) is 3.78. The molecule has 10 nitrogen and oxygen atoms in total. The number of amides is 1. The Morgan fingerprint density at radius 1 is 1.16 bits per heavy atom. The summed E-state index contributed by atoms with van der Waals surface area (Å²) in [6.45, 7) is 4.64. The quantitative estimate of drug-likeness (QED) is 0.545. The molecule has 3 aromatic rings. The second kappa shape index (κ2) is 9.11. The van der Waals surface area contributed by atoms with Crippen LogP contribution in [0.2, 0.25) is 0 Å². The monoisotopic (exact) mass is 435 g/mol. The fourth-order valence-corrected chi connectivity index (χ4v) is 3.78. The van der Waals surface area contributed by atoms with Crippen LogP contribution >= 0.6 is 0 Å². The number of aryl methyl sites for hydroxylation is 1. The third kappa shape index (κ3) is 4.02. The standard InChI is InChI=1S/C22H25N7O3/c1-3-4-12-28-18-19(25-21(28)27-13-10-23-11-14-27)26(2)22(32)29(20(18)31)15-17(30)24-16-8-6-5-7-9-16/h5-9,23H,10-15H2,1-2H3,(H,24,30). The number of benzene rings is 1.